The molecule has 3 rings (SSSR count). The molecule has 0 fully saturated rings. The minimum Gasteiger partial charge on any atom is -0.480 e. The molecule has 0 bridgehead atoms. The number of carbonyl (C=O) groups is 1. The molecule has 3 heteroatoms. The second kappa shape index (κ2) is 8.52. The van der Waals surface area contributed by atoms with Gasteiger partial charge in [0.05, 0.1) is 6.04 Å². The summed E-state index contributed by atoms with van der Waals surface area (Å²) in [7, 11) is 0. The van der Waals surface area contributed by atoms with Gasteiger partial charge in [-0.1, -0.05) is 80.6 Å². The molecule has 0 unspecified atom stereocenters. The number of fused-ring (bicyclic) bond motifs is 1. The summed E-state index contributed by atoms with van der Waals surface area (Å²) in [6, 6.07) is 24.0. The average molecular weight is 347 g/mol. The number of amides is 1. The smallest absolute Gasteiger partial charge is 0.261 e. The number of hydrogen-bond donors (Lipinski definition) is 1. The maximum atomic E-state index is 12.8. The van der Waals surface area contributed by atoms with Crippen molar-refractivity contribution in [2.45, 2.75) is 38.8 Å². The first-order chi connectivity index (χ1) is 12.7. The standard InChI is InChI=1S/C23H25NO2/c1-3-20(18-12-6-5-7-13-18)24-23(25)21(4-2)26-22-16-10-14-17-11-8-9-15-19(17)22/h5-16,20-21H,3-4H2,1-2H3,(H,24,25)/t20-,21-/m0/s1. The summed E-state index contributed by atoms with van der Waals surface area (Å²) in [6.07, 6.45) is 0.930. The Morgan fingerprint density at radius 3 is 2.31 bits per heavy atom. The highest BCUT2D eigenvalue weighted by molar-refractivity contribution is 5.89. The van der Waals surface area contributed by atoms with Crippen molar-refractivity contribution < 1.29 is 9.53 Å². The van der Waals surface area contributed by atoms with Gasteiger partial charge in [-0.25, -0.2) is 0 Å². The predicted molar refractivity (Wildman–Crippen MR) is 106 cm³/mol. The van der Waals surface area contributed by atoms with Gasteiger partial charge in [0.15, 0.2) is 6.10 Å². The fourth-order valence-corrected chi connectivity index (χ4v) is 3.15. The van der Waals surface area contributed by atoms with Crippen molar-refractivity contribution in [1.82, 2.24) is 5.32 Å². The van der Waals surface area contributed by atoms with E-state index in [0.717, 1.165) is 28.5 Å². The van der Waals surface area contributed by atoms with E-state index in [2.05, 4.69) is 12.2 Å². The number of carbonyl (C=O) groups excluding carboxylic acids is 1. The van der Waals surface area contributed by atoms with E-state index in [4.69, 9.17) is 4.74 Å². The van der Waals surface area contributed by atoms with Crippen LogP contribution in [0, 0.1) is 0 Å². The summed E-state index contributed by atoms with van der Waals surface area (Å²) >= 11 is 0. The molecule has 26 heavy (non-hydrogen) atoms. The molecule has 0 heterocycles. The van der Waals surface area contributed by atoms with Gasteiger partial charge in [-0.05, 0) is 29.9 Å². The number of nitrogens with one attached hydrogen (secondary N) is 1. The molecule has 0 aromatic heterocycles. The van der Waals surface area contributed by atoms with Gasteiger partial charge in [0.1, 0.15) is 5.75 Å². The van der Waals surface area contributed by atoms with E-state index < -0.39 is 6.10 Å². The van der Waals surface area contributed by atoms with Crippen molar-refractivity contribution in [2.24, 2.45) is 0 Å². The Kier molecular flexibility index (Phi) is 5.90. The van der Waals surface area contributed by atoms with Crippen molar-refractivity contribution in [2.75, 3.05) is 0 Å². The Morgan fingerprint density at radius 1 is 0.885 bits per heavy atom. The normalized spacial score (nSPS) is 13.2. The molecule has 1 amide bonds. The highest BCUT2D eigenvalue weighted by atomic mass is 16.5. The topological polar surface area (TPSA) is 38.3 Å². The molecule has 2 atom stereocenters. The molecule has 0 saturated carbocycles. The highest BCUT2D eigenvalue weighted by Crippen LogP contribution is 2.27. The molecule has 0 aliphatic rings. The lowest BCUT2D eigenvalue weighted by Gasteiger charge is -2.23. The first kappa shape index (κ1) is 18.0. The van der Waals surface area contributed by atoms with E-state index in [1.54, 1.807) is 0 Å². The van der Waals surface area contributed by atoms with Gasteiger partial charge in [-0.2, -0.15) is 0 Å². The van der Waals surface area contributed by atoms with E-state index >= 15 is 0 Å². The summed E-state index contributed by atoms with van der Waals surface area (Å²) in [5.41, 5.74) is 1.11. The first-order valence-electron chi connectivity index (χ1n) is 9.22. The minimum absolute atomic E-state index is 0.00568. The van der Waals surface area contributed by atoms with Crippen LogP contribution in [0.3, 0.4) is 0 Å². The van der Waals surface area contributed by atoms with E-state index in [1.807, 2.05) is 79.7 Å². The van der Waals surface area contributed by atoms with Gasteiger partial charge in [0.2, 0.25) is 0 Å². The molecule has 0 aliphatic carbocycles. The van der Waals surface area contributed by atoms with E-state index in [-0.39, 0.29) is 11.9 Å². The predicted octanol–water partition coefficient (Wildman–Crippen LogP) is 5.26. The molecular formula is C23H25NO2. The lowest BCUT2D eigenvalue weighted by Crippen LogP contribution is -2.39. The molecular weight excluding hydrogens is 322 g/mol. The van der Waals surface area contributed by atoms with Crippen molar-refractivity contribution in [3.05, 3.63) is 78.4 Å². The van der Waals surface area contributed by atoms with Gasteiger partial charge in [-0.3, -0.25) is 4.79 Å². The second-order valence-electron chi connectivity index (χ2n) is 6.37. The fraction of sp³-hybridized carbons (Fsp3) is 0.261. The van der Waals surface area contributed by atoms with Crippen LogP contribution >= 0.6 is 0 Å². The Bertz CT molecular complexity index is 855. The Hall–Kier alpha value is -2.81. The average Bonchev–Trinajstić information content (AvgIpc) is 2.70. The molecule has 0 aliphatic heterocycles. The van der Waals surface area contributed by atoms with Crippen LogP contribution < -0.4 is 10.1 Å². The van der Waals surface area contributed by atoms with Gasteiger partial charge in [-0.15, -0.1) is 0 Å². The maximum Gasteiger partial charge on any atom is 0.261 e. The second-order valence-corrected chi connectivity index (χ2v) is 6.37. The summed E-state index contributed by atoms with van der Waals surface area (Å²) in [6.45, 7) is 4.04. The number of rotatable bonds is 7. The Labute approximate surface area is 155 Å². The molecule has 0 radical (unpaired) electrons. The third-order valence-corrected chi connectivity index (χ3v) is 4.61. The van der Waals surface area contributed by atoms with Crippen LogP contribution in [0.5, 0.6) is 5.75 Å². The largest absolute Gasteiger partial charge is 0.480 e. The maximum absolute atomic E-state index is 12.8. The van der Waals surface area contributed by atoms with Crippen molar-refractivity contribution >= 4 is 16.7 Å². The minimum atomic E-state index is -0.515. The summed E-state index contributed by atoms with van der Waals surface area (Å²) in [4.78, 5) is 12.8. The Balaban J connectivity index is 1.76. The summed E-state index contributed by atoms with van der Waals surface area (Å²) in [5.74, 6) is 0.675. The van der Waals surface area contributed by atoms with E-state index in [1.165, 1.54) is 0 Å². The number of hydrogen-bond acceptors (Lipinski definition) is 2. The Morgan fingerprint density at radius 2 is 1.58 bits per heavy atom. The van der Waals surface area contributed by atoms with Crippen LogP contribution in [0.4, 0.5) is 0 Å². The lowest BCUT2D eigenvalue weighted by molar-refractivity contribution is -0.128. The van der Waals surface area contributed by atoms with Gasteiger partial charge >= 0.3 is 0 Å². The van der Waals surface area contributed by atoms with E-state index in [9.17, 15) is 4.79 Å². The molecule has 134 valence electrons. The van der Waals surface area contributed by atoms with Gasteiger partial charge < -0.3 is 10.1 Å². The van der Waals surface area contributed by atoms with Crippen LogP contribution in [-0.4, -0.2) is 12.0 Å². The van der Waals surface area contributed by atoms with Gasteiger partial charge in [0.25, 0.3) is 5.91 Å². The first-order valence-corrected chi connectivity index (χ1v) is 9.22. The van der Waals surface area contributed by atoms with Crippen molar-refractivity contribution in [3.8, 4) is 5.75 Å². The molecule has 1 N–H and O–H groups in total. The summed E-state index contributed by atoms with van der Waals surface area (Å²) < 4.78 is 6.11. The van der Waals surface area contributed by atoms with Crippen molar-refractivity contribution in [1.29, 1.82) is 0 Å². The van der Waals surface area contributed by atoms with Crippen molar-refractivity contribution in [3.63, 3.8) is 0 Å². The van der Waals surface area contributed by atoms with Crippen LogP contribution in [0.1, 0.15) is 38.3 Å². The zero-order valence-electron chi connectivity index (χ0n) is 15.3. The monoisotopic (exact) mass is 347 g/mol. The van der Waals surface area contributed by atoms with Crippen LogP contribution in [0.2, 0.25) is 0 Å². The number of benzene rings is 3. The summed E-state index contributed by atoms with van der Waals surface area (Å²) in [5, 5.41) is 5.27. The van der Waals surface area contributed by atoms with Crippen LogP contribution in [-0.2, 0) is 4.79 Å². The third-order valence-electron chi connectivity index (χ3n) is 4.61. The third kappa shape index (κ3) is 4.05. The zero-order valence-corrected chi connectivity index (χ0v) is 15.3. The molecule has 3 aromatic carbocycles. The zero-order chi connectivity index (χ0) is 18.4. The number of ether oxygens (including phenoxy) is 1. The molecule has 0 spiro atoms. The van der Waals surface area contributed by atoms with Crippen LogP contribution in [0.15, 0.2) is 72.8 Å². The van der Waals surface area contributed by atoms with E-state index in [0.29, 0.717) is 6.42 Å². The quantitative estimate of drug-likeness (QED) is 0.633. The molecule has 3 nitrogen and oxygen atoms in total. The SMILES string of the molecule is CC[C@H](Oc1cccc2ccccc12)C(=O)N[C@@H](CC)c1ccccc1. The molecule has 3 aromatic rings. The highest BCUT2D eigenvalue weighted by Gasteiger charge is 2.22. The molecule has 0 saturated heterocycles. The lowest BCUT2D eigenvalue weighted by atomic mass is 10.0. The van der Waals surface area contributed by atoms with Gasteiger partial charge in [0, 0.05) is 5.39 Å². The fourth-order valence-electron chi connectivity index (χ4n) is 3.15. The van der Waals surface area contributed by atoms with Crippen LogP contribution in [0.25, 0.3) is 10.8 Å².